The molecule has 0 aliphatic carbocycles. The Bertz CT molecular complexity index is 1370. The molecular weight excluding hydrogens is 463 g/mol. The number of benzene rings is 3. The van der Waals surface area contributed by atoms with Gasteiger partial charge in [0, 0.05) is 5.02 Å². The Kier molecular flexibility index (Phi) is 6.31. The third kappa shape index (κ3) is 5.17. The van der Waals surface area contributed by atoms with E-state index in [1.165, 1.54) is 24.3 Å². The Balaban J connectivity index is 1.96. The summed E-state index contributed by atoms with van der Waals surface area (Å²) in [5, 5.41) is 0.0539. The van der Waals surface area contributed by atoms with Crippen molar-refractivity contribution < 1.29 is 21.2 Å². The molecule has 0 aliphatic heterocycles. The molecule has 164 valence electrons. The fourth-order valence-corrected chi connectivity index (χ4v) is 5.40. The topological polar surface area (TPSA) is 92.3 Å². The summed E-state index contributed by atoms with van der Waals surface area (Å²) in [7, 11) is -8.31. The summed E-state index contributed by atoms with van der Waals surface area (Å²) in [5.74, 6) is -1.02. The van der Waals surface area contributed by atoms with Crippen molar-refractivity contribution in [1.29, 1.82) is 0 Å². The summed E-state index contributed by atoms with van der Waals surface area (Å²) in [6.45, 7) is 5.28. The van der Waals surface area contributed by atoms with Crippen molar-refractivity contribution in [3.05, 3.63) is 82.1 Å². The maximum absolute atomic E-state index is 14.1. The first-order valence-electron chi connectivity index (χ1n) is 9.08. The van der Waals surface area contributed by atoms with Gasteiger partial charge in [-0.05, 0) is 68.3 Å². The molecule has 0 spiro atoms. The number of hydrogen-bond acceptors (Lipinski definition) is 4. The molecule has 0 unspecified atom stereocenters. The minimum atomic E-state index is -4.31. The molecule has 0 saturated heterocycles. The molecule has 3 rings (SSSR count). The van der Waals surface area contributed by atoms with E-state index in [1.807, 2.05) is 13.0 Å². The molecule has 0 aliphatic rings. The number of nitrogens with one attached hydrogen (secondary N) is 2. The normalized spacial score (nSPS) is 11.9. The Morgan fingerprint density at radius 2 is 1.42 bits per heavy atom. The number of aryl methyl sites for hydroxylation is 3. The van der Waals surface area contributed by atoms with E-state index in [0.717, 1.165) is 23.3 Å². The number of sulfonamides is 2. The van der Waals surface area contributed by atoms with Crippen LogP contribution in [-0.2, 0) is 20.0 Å². The van der Waals surface area contributed by atoms with Crippen LogP contribution in [0.3, 0.4) is 0 Å². The van der Waals surface area contributed by atoms with E-state index < -0.39 is 30.8 Å². The highest BCUT2D eigenvalue weighted by molar-refractivity contribution is 7.93. The standard InChI is InChI=1S/C21H20ClFN2O4S2/c1-13-4-8-19(15(3)10-13)24-30(26,27)17-7-5-14(2)20(12-17)25-31(28,29)21-9-6-16(22)11-18(21)23/h4-12,24-25H,1-3H3. The van der Waals surface area contributed by atoms with Gasteiger partial charge in [0.2, 0.25) is 0 Å². The summed E-state index contributed by atoms with van der Waals surface area (Å²) < 4.78 is 69.9. The molecule has 0 atom stereocenters. The van der Waals surface area contributed by atoms with Gasteiger partial charge in [-0.2, -0.15) is 0 Å². The van der Waals surface area contributed by atoms with Crippen LogP contribution in [0.15, 0.2) is 64.4 Å². The van der Waals surface area contributed by atoms with E-state index in [1.54, 1.807) is 26.0 Å². The maximum atomic E-state index is 14.1. The molecule has 0 amide bonds. The van der Waals surface area contributed by atoms with Crippen LogP contribution >= 0.6 is 11.6 Å². The second-order valence-electron chi connectivity index (χ2n) is 7.08. The Morgan fingerprint density at radius 3 is 2.06 bits per heavy atom. The van der Waals surface area contributed by atoms with Crippen molar-refractivity contribution >= 4 is 43.0 Å². The minimum absolute atomic E-state index is 0.0119. The molecule has 0 heterocycles. The molecule has 3 aromatic carbocycles. The molecule has 0 saturated carbocycles. The van der Waals surface area contributed by atoms with E-state index in [9.17, 15) is 21.2 Å². The molecule has 3 aromatic rings. The van der Waals surface area contributed by atoms with Crippen molar-refractivity contribution in [2.24, 2.45) is 0 Å². The van der Waals surface area contributed by atoms with Gasteiger partial charge in [0.05, 0.1) is 16.3 Å². The van der Waals surface area contributed by atoms with Gasteiger partial charge in [-0.1, -0.05) is 35.4 Å². The van der Waals surface area contributed by atoms with Crippen LogP contribution in [0.5, 0.6) is 0 Å². The number of anilines is 2. The van der Waals surface area contributed by atoms with E-state index >= 15 is 0 Å². The SMILES string of the molecule is Cc1ccc(NS(=O)(=O)c2ccc(C)c(NS(=O)(=O)c3ccc(Cl)cc3F)c2)c(C)c1. The van der Waals surface area contributed by atoms with Gasteiger partial charge < -0.3 is 0 Å². The molecule has 10 heteroatoms. The van der Waals surface area contributed by atoms with Crippen LogP contribution in [0.1, 0.15) is 16.7 Å². The average Bonchev–Trinajstić information content (AvgIpc) is 2.65. The lowest BCUT2D eigenvalue weighted by molar-refractivity contribution is 0.570. The Morgan fingerprint density at radius 1 is 0.742 bits per heavy atom. The fraction of sp³-hybridized carbons (Fsp3) is 0.143. The van der Waals surface area contributed by atoms with Gasteiger partial charge in [0.25, 0.3) is 20.0 Å². The first kappa shape index (κ1) is 23.1. The van der Waals surface area contributed by atoms with E-state index in [-0.39, 0.29) is 15.6 Å². The summed E-state index contributed by atoms with van der Waals surface area (Å²) in [5.41, 5.74) is 2.62. The van der Waals surface area contributed by atoms with Gasteiger partial charge in [0.15, 0.2) is 0 Å². The van der Waals surface area contributed by atoms with Crippen LogP contribution in [0.2, 0.25) is 5.02 Å². The Labute approximate surface area is 186 Å². The van der Waals surface area contributed by atoms with Gasteiger partial charge in [-0.3, -0.25) is 9.44 Å². The Hall–Kier alpha value is -2.62. The molecular formula is C21H20ClFN2O4S2. The summed E-state index contributed by atoms with van der Waals surface area (Å²) >= 11 is 5.68. The zero-order valence-corrected chi connectivity index (χ0v) is 19.3. The molecule has 6 nitrogen and oxygen atoms in total. The van der Waals surface area contributed by atoms with Crippen molar-refractivity contribution in [2.45, 2.75) is 30.6 Å². The molecule has 0 radical (unpaired) electrons. The van der Waals surface area contributed by atoms with Crippen molar-refractivity contribution in [3.63, 3.8) is 0 Å². The number of rotatable bonds is 6. The molecule has 2 N–H and O–H groups in total. The molecule has 0 aromatic heterocycles. The zero-order chi connectivity index (χ0) is 23.0. The summed E-state index contributed by atoms with van der Waals surface area (Å²) in [6, 6.07) is 12.5. The van der Waals surface area contributed by atoms with Gasteiger partial charge in [0.1, 0.15) is 10.7 Å². The maximum Gasteiger partial charge on any atom is 0.264 e. The van der Waals surface area contributed by atoms with Crippen LogP contribution in [-0.4, -0.2) is 16.8 Å². The smallest absolute Gasteiger partial charge is 0.264 e. The van der Waals surface area contributed by atoms with Crippen LogP contribution in [0.25, 0.3) is 0 Å². The third-order valence-corrected chi connectivity index (χ3v) is 7.57. The molecule has 31 heavy (non-hydrogen) atoms. The number of halogens is 2. The quantitative estimate of drug-likeness (QED) is 0.516. The van der Waals surface area contributed by atoms with E-state index in [4.69, 9.17) is 11.6 Å². The lowest BCUT2D eigenvalue weighted by Gasteiger charge is -2.15. The van der Waals surface area contributed by atoms with Crippen molar-refractivity contribution in [1.82, 2.24) is 0 Å². The highest BCUT2D eigenvalue weighted by Crippen LogP contribution is 2.27. The number of hydrogen-bond donors (Lipinski definition) is 2. The second kappa shape index (κ2) is 8.49. The predicted octanol–water partition coefficient (Wildman–Crippen LogP) is 5.01. The fourth-order valence-electron chi connectivity index (χ4n) is 2.90. The van der Waals surface area contributed by atoms with Gasteiger partial charge in [-0.15, -0.1) is 0 Å². The van der Waals surface area contributed by atoms with Crippen molar-refractivity contribution in [3.8, 4) is 0 Å². The largest absolute Gasteiger partial charge is 0.279 e. The van der Waals surface area contributed by atoms with Crippen LogP contribution in [0, 0.1) is 26.6 Å². The first-order chi connectivity index (χ1) is 14.4. The predicted molar refractivity (Wildman–Crippen MR) is 120 cm³/mol. The molecule has 0 fully saturated rings. The first-order valence-corrected chi connectivity index (χ1v) is 12.4. The van der Waals surface area contributed by atoms with E-state index in [2.05, 4.69) is 9.44 Å². The van der Waals surface area contributed by atoms with Gasteiger partial charge >= 0.3 is 0 Å². The average molecular weight is 483 g/mol. The highest BCUT2D eigenvalue weighted by Gasteiger charge is 2.22. The lowest BCUT2D eigenvalue weighted by Crippen LogP contribution is -2.17. The van der Waals surface area contributed by atoms with Gasteiger partial charge in [-0.25, -0.2) is 21.2 Å². The molecule has 0 bridgehead atoms. The minimum Gasteiger partial charge on any atom is -0.279 e. The second-order valence-corrected chi connectivity index (χ2v) is 10.9. The van der Waals surface area contributed by atoms with Crippen LogP contribution in [0.4, 0.5) is 15.8 Å². The highest BCUT2D eigenvalue weighted by atomic mass is 35.5. The monoisotopic (exact) mass is 482 g/mol. The summed E-state index contributed by atoms with van der Waals surface area (Å²) in [6.07, 6.45) is 0. The van der Waals surface area contributed by atoms with Crippen molar-refractivity contribution in [2.75, 3.05) is 9.44 Å². The lowest BCUT2D eigenvalue weighted by atomic mass is 10.1. The third-order valence-electron chi connectivity index (χ3n) is 4.57. The van der Waals surface area contributed by atoms with Crippen LogP contribution < -0.4 is 9.44 Å². The zero-order valence-electron chi connectivity index (χ0n) is 16.9. The van der Waals surface area contributed by atoms with E-state index in [0.29, 0.717) is 11.3 Å². The summed E-state index contributed by atoms with van der Waals surface area (Å²) in [4.78, 5) is -0.745.